The van der Waals surface area contributed by atoms with Crippen LogP contribution in [0, 0.1) is 11.7 Å². The van der Waals surface area contributed by atoms with E-state index in [0.717, 1.165) is 12.8 Å². The number of carbonyl (C=O) groups excluding carboxylic acids is 1. The number of likely N-dealkylation sites (tertiary alicyclic amines) is 1. The van der Waals surface area contributed by atoms with Crippen LogP contribution < -0.4 is 0 Å². The van der Waals surface area contributed by atoms with Gasteiger partial charge in [-0.1, -0.05) is 18.5 Å². The zero-order valence-corrected chi connectivity index (χ0v) is 10.4. The summed E-state index contributed by atoms with van der Waals surface area (Å²) in [7, 11) is 0. The van der Waals surface area contributed by atoms with E-state index in [1.807, 2.05) is 0 Å². The van der Waals surface area contributed by atoms with Crippen LogP contribution in [0.3, 0.4) is 0 Å². The third kappa shape index (κ3) is 2.57. The summed E-state index contributed by atoms with van der Waals surface area (Å²) in [6, 6.07) is 1.38. The van der Waals surface area contributed by atoms with Gasteiger partial charge in [-0.15, -0.1) is 0 Å². The van der Waals surface area contributed by atoms with E-state index < -0.39 is 5.82 Å². The van der Waals surface area contributed by atoms with Crippen molar-refractivity contribution in [2.24, 2.45) is 5.92 Å². The highest BCUT2D eigenvalue weighted by Crippen LogP contribution is 2.21. The Hall–Kier alpha value is -1.16. The highest BCUT2D eigenvalue weighted by Gasteiger charge is 2.24. The minimum absolute atomic E-state index is 0.0131. The highest BCUT2D eigenvalue weighted by atomic mass is 35.5. The molecule has 17 heavy (non-hydrogen) atoms. The van der Waals surface area contributed by atoms with E-state index in [0.29, 0.717) is 19.0 Å². The third-order valence-corrected chi connectivity index (χ3v) is 3.28. The molecule has 1 aliphatic heterocycles. The van der Waals surface area contributed by atoms with E-state index in [4.69, 9.17) is 11.6 Å². The van der Waals surface area contributed by atoms with Crippen LogP contribution in [0.25, 0.3) is 0 Å². The van der Waals surface area contributed by atoms with Crippen molar-refractivity contribution in [2.75, 3.05) is 13.1 Å². The molecule has 1 aliphatic rings. The van der Waals surface area contributed by atoms with E-state index in [1.165, 1.54) is 12.3 Å². The molecule has 1 atom stereocenters. The number of hydrogen-bond donors (Lipinski definition) is 0. The average molecular weight is 257 g/mol. The second kappa shape index (κ2) is 5.00. The summed E-state index contributed by atoms with van der Waals surface area (Å²) in [5.74, 6) is -0.552. The van der Waals surface area contributed by atoms with Crippen LogP contribution in [0.5, 0.6) is 0 Å². The van der Waals surface area contributed by atoms with Crippen molar-refractivity contribution >= 4 is 17.5 Å². The molecule has 1 saturated heterocycles. The lowest BCUT2D eigenvalue weighted by atomic mass is 9.99. The molecule has 3 nitrogen and oxygen atoms in total. The van der Waals surface area contributed by atoms with Gasteiger partial charge in [-0.2, -0.15) is 0 Å². The fourth-order valence-corrected chi connectivity index (χ4v) is 2.29. The van der Waals surface area contributed by atoms with Crippen molar-refractivity contribution in [2.45, 2.75) is 19.8 Å². The number of carbonyl (C=O) groups is 1. The average Bonchev–Trinajstić information content (AvgIpc) is 2.32. The molecule has 5 heteroatoms. The van der Waals surface area contributed by atoms with E-state index >= 15 is 0 Å². The van der Waals surface area contributed by atoms with Gasteiger partial charge in [0.2, 0.25) is 0 Å². The molecular weight excluding hydrogens is 243 g/mol. The number of aromatic nitrogens is 1. The van der Waals surface area contributed by atoms with Crippen molar-refractivity contribution in [3.63, 3.8) is 0 Å². The summed E-state index contributed by atoms with van der Waals surface area (Å²) in [4.78, 5) is 17.4. The summed E-state index contributed by atoms with van der Waals surface area (Å²) in [5, 5.41) is -0.249. The molecule has 1 aromatic heterocycles. The second-order valence-electron chi connectivity index (χ2n) is 4.46. The Balaban J connectivity index is 2.22. The van der Waals surface area contributed by atoms with Crippen LogP contribution in [0.15, 0.2) is 12.3 Å². The number of piperidine rings is 1. The quantitative estimate of drug-likeness (QED) is 0.724. The largest absolute Gasteiger partial charge is 0.338 e. The second-order valence-corrected chi connectivity index (χ2v) is 4.82. The van der Waals surface area contributed by atoms with Crippen molar-refractivity contribution < 1.29 is 9.18 Å². The van der Waals surface area contributed by atoms with Crippen LogP contribution >= 0.6 is 11.6 Å². The molecule has 0 radical (unpaired) electrons. The van der Waals surface area contributed by atoms with Gasteiger partial charge in [-0.3, -0.25) is 4.79 Å². The summed E-state index contributed by atoms with van der Waals surface area (Å²) >= 11 is 5.57. The molecular formula is C12H14ClFN2O. The van der Waals surface area contributed by atoms with Crippen molar-refractivity contribution in [1.29, 1.82) is 0 Å². The maximum absolute atomic E-state index is 13.7. The lowest BCUT2D eigenvalue weighted by Crippen LogP contribution is -2.39. The van der Waals surface area contributed by atoms with Crippen molar-refractivity contribution in [3.05, 3.63) is 28.8 Å². The SMILES string of the molecule is CC1CCCN(C(=O)c2ccnc(Cl)c2F)C1. The van der Waals surface area contributed by atoms with E-state index in [9.17, 15) is 9.18 Å². The van der Waals surface area contributed by atoms with Crippen LogP contribution in [0.1, 0.15) is 30.1 Å². The van der Waals surface area contributed by atoms with Gasteiger partial charge in [0.25, 0.3) is 5.91 Å². The molecule has 0 N–H and O–H groups in total. The molecule has 0 aromatic carbocycles. The first-order valence-corrected chi connectivity index (χ1v) is 6.06. The highest BCUT2D eigenvalue weighted by molar-refractivity contribution is 6.29. The zero-order valence-electron chi connectivity index (χ0n) is 9.62. The summed E-state index contributed by atoms with van der Waals surface area (Å²) < 4.78 is 13.7. The molecule has 92 valence electrons. The monoisotopic (exact) mass is 256 g/mol. The Morgan fingerprint density at radius 3 is 3.12 bits per heavy atom. The number of rotatable bonds is 1. The van der Waals surface area contributed by atoms with Crippen LogP contribution in [0.4, 0.5) is 4.39 Å². The Kier molecular flexibility index (Phi) is 3.62. The van der Waals surface area contributed by atoms with Crippen LogP contribution in [0.2, 0.25) is 5.15 Å². The normalized spacial score (nSPS) is 20.4. The first-order chi connectivity index (χ1) is 8.09. The summed E-state index contributed by atoms with van der Waals surface area (Å²) in [6.45, 7) is 3.45. The summed E-state index contributed by atoms with van der Waals surface area (Å²) in [5.41, 5.74) is 0.0131. The minimum atomic E-state index is -0.725. The number of amides is 1. The third-order valence-electron chi connectivity index (χ3n) is 3.02. The Bertz CT molecular complexity index is 439. The number of hydrogen-bond acceptors (Lipinski definition) is 2. The maximum Gasteiger partial charge on any atom is 0.257 e. The summed E-state index contributed by atoms with van der Waals surface area (Å²) in [6.07, 6.45) is 3.43. The van der Waals surface area contributed by atoms with Gasteiger partial charge in [-0.25, -0.2) is 9.37 Å². The molecule has 1 fully saturated rings. The molecule has 2 rings (SSSR count). The Morgan fingerprint density at radius 1 is 1.65 bits per heavy atom. The van der Waals surface area contributed by atoms with Gasteiger partial charge in [0.05, 0.1) is 5.56 Å². The van der Waals surface area contributed by atoms with Gasteiger partial charge in [0.15, 0.2) is 11.0 Å². The molecule has 1 amide bonds. The first-order valence-electron chi connectivity index (χ1n) is 5.69. The molecule has 0 saturated carbocycles. The predicted molar refractivity (Wildman–Crippen MR) is 63.5 cm³/mol. The first kappa shape index (κ1) is 12.3. The molecule has 0 bridgehead atoms. The molecule has 2 heterocycles. The predicted octanol–water partition coefficient (Wildman–Crippen LogP) is 2.75. The van der Waals surface area contributed by atoms with Gasteiger partial charge in [-0.05, 0) is 24.8 Å². The van der Waals surface area contributed by atoms with Gasteiger partial charge in [0, 0.05) is 19.3 Å². The maximum atomic E-state index is 13.7. The van der Waals surface area contributed by atoms with Crippen molar-refractivity contribution in [3.8, 4) is 0 Å². The zero-order chi connectivity index (χ0) is 12.4. The topological polar surface area (TPSA) is 33.2 Å². The fourth-order valence-electron chi connectivity index (χ4n) is 2.13. The fraction of sp³-hybridized carbons (Fsp3) is 0.500. The number of nitrogens with zero attached hydrogens (tertiary/aromatic N) is 2. The van der Waals surface area contributed by atoms with Crippen LogP contribution in [-0.4, -0.2) is 28.9 Å². The molecule has 1 aromatic rings. The number of halogens is 2. The Labute approximate surface area is 105 Å². The van der Waals surface area contributed by atoms with E-state index in [2.05, 4.69) is 11.9 Å². The lowest BCUT2D eigenvalue weighted by Gasteiger charge is -2.31. The van der Waals surface area contributed by atoms with Gasteiger partial charge < -0.3 is 4.90 Å². The number of pyridine rings is 1. The lowest BCUT2D eigenvalue weighted by molar-refractivity contribution is 0.0678. The van der Waals surface area contributed by atoms with Crippen LogP contribution in [-0.2, 0) is 0 Å². The molecule has 0 aliphatic carbocycles. The van der Waals surface area contributed by atoms with E-state index in [-0.39, 0.29) is 16.6 Å². The van der Waals surface area contributed by atoms with Crippen molar-refractivity contribution in [1.82, 2.24) is 9.88 Å². The Morgan fingerprint density at radius 2 is 2.41 bits per heavy atom. The van der Waals surface area contributed by atoms with E-state index in [1.54, 1.807) is 4.90 Å². The smallest absolute Gasteiger partial charge is 0.257 e. The molecule has 0 spiro atoms. The molecule has 1 unspecified atom stereocenters. The van der Waals surface area contributed by atoms with Gasteiger partial charge in [0.1, 0.15) is 0 Å². The van der Waals surface area contributed by atoms with Gasteiger partial charge >= 0.3 is 0 Å². The standard InChI is InChI=1S/C12H14ClFN2O/c1-8-3-2-6-16(7-8)12(17)9-4-5-15-11(13)10(9)14/h4-5,8H,2-3,6-7H2,1H3. The minimum Gasteiger partial charge on any atom is -0.338 e.